The summed E-state index contributed by atoms with van der Waals surface area (Å²) in [5, 5.41) is 4.68. The molecule has 1 saturated heterocycles. The summed E-state index contributed by atoms with van der Waals surface area (Å²) in [5.74, 6) is 0.311. The first-order valence-corrected chi connectivity index (χ1v) is 11.5. The molecule has 2 aromatic carbocycles. The maximum Gasteiger partial charge on any atom is 0.272 e. The Bertz CT molecular complexity index is 1200. The fraction of sp³-hybridized carbons (Fsp3) is 0.407. The SMILES string of the molecule is COc1ccc(-n2nc(-c3ccccc3F)cc2C(=O)N2CC3(C)CC2CC(C)(C)C3)cc1. The summed E-state index contributed by atoms with van der Waals surface area (Å²) in [4.78, 5) is 16.0. The van der Waals surface area contributed by atoms with Gasteiger partial charge >= 0.3 is 0 Å². The van der Waals surface area contributed by atoms with Gasteiger partial charge in [0.25, 0.3) is 5.91 Å². The number of ether oxygens (including phenoxy) is 1. The van der Waals surface area contributed by atoms with Crippen molar-refractivity contribution in [2.75, 3.05) is 13.7 Å². The molecule has 2 aliphatic rings. The number of fused-ring (bicyclic) bond motifs is 2. The number of benzene rings is 2. The molecule has 1 aliphatic carbocycles. The lowest BCUT2D eigenvalue weighted by Gasteiger charge is -2.39. The Morgan fingerprint density at radius 3 is 2.52 bits per heavy atom. The third kappa shape index (κ3) is 3.92. The standard InChI is InChI=1S/C27H30FN3O2/c1-26(2)14-19-15-27(3,16-26)17-30(19)25(32)24-13-23(21-7-5-6-8-22(21)28)29-31(24)18-9-11-20(33-4)12-10-18/h5-13,19H,14-17H2,1-4H3. The van der Waals surface area contributed by atoms with E-state index in [-0.39, 0.29) is 28.6 Å². The molecule has 5 rings (SSSR count). The highest BCUT2D eigenvalue weighted by molar-refractivity contribution is 5.95. The molecule has 6 heteroatoms. The van der Waals surface area contributed by atoms with Gasteiger partial charge in [-0.1, -0.05) is 32.9 Å². The van der Waals surface area contributed by atoms with E-state index in [2.05, 4.69) is 25.9 Å². The predicted molar refractivity (Wildman–Crippen MR) is 126 cm³/mol. The van der Waals surface area contributed by atoms with Crippen LogP contribution in [0.2, 0.25) is 0 Å². The lowest BCUT2D eigenvalue weighted by Crippen LogP contribution is -2.38. The second-order valence-corrected chi connectivity index (χ2v) is 10.7. The topological polar surface area (TPSA) is 47.4 Å². The molecule has 2 heterocycles. The molecule has 0 radical (unpaired) electrons. The second-order valence-electron chi connectivity index (χ2n) is 10.7. The quantitative estimate of drug-likeness (QED) is 0.513. The highest BCUT2D eigenvalue weighted by Gasteiger charge is 2.51. The summed E-state index contributed by atoms with van der Waals surface area (Å²) in [6.45, 7) is 7.62. The zero-order valence-electron chi connectivity index (χ0n) is 19.6. The van der Waals surface area contributed by atoms with Crippen molar-refractivity contribution in [2.45, 2.75) is 46.1 Å². The Balaban J connectivity index is 1.58. The predicted octanol–water partition coefficient (Wildman–Crippen LogP) is 5.73. The first-order chi connectivity index (χ1) is 15.7. The van der Waals surface area contributed by atoms with E-state index in [9.17, 15) is 9.18 Å². The van der Waals surface area contributed by atoms with E-state index in [1.165, 1.54) is 6.07 Å². The zero-order valence-corrected chi connectivity index (χ0v) is 19.6. The minimum absolute atomic E-state index is 0.0488. The lowest BCUT2D eigenvalue weighted by atomic mass is 9.65. The Kier molecular flexibility index (Phi) is 5.07. The van der Waals surface area contributed by atoms with Crippen molar-refractivity contribution in [3.8, 4) is 22.7 Å². The molecule has 1 aliphatic heterocycles. The average Bonchev–Trinajstić information content (AvgIpc) is 3.31. The van der Waals surface area contributed by atoms with Crippen molar-refractivity contribution >= 4 is 5.91 Å². The van der Waals surface area contributed by atoms with E-state index < -0.39 is 0 Å². The summed E-state index contributed by atoms with van der Waals surface area (Å²) in [5.41, 5.74) is 2.35. The molecule has 5 nitrogen and oxygen atoms in total. The van der Waals surface area contributed by atoms with Crippen molar-refractivity contribution in [1.82, 2.24) is 14.7 Å². The molecule has 1 saturated carbocycles. The summed E-state index contributed by atoms with van der Waals surface area (Å²) in [6.07, 6.45) is 3.13. The monoisotopic (exact) mass is 447 g/mol. The van der Waals surface area contributed by atoms with E-state index in [1.54, 1.807) is 36.1 Å². The maximum absolute atomic E-state index is 14.6. The van der Waals surface area contributed by atoms with Crippen LogP contribution >= 0.6 is 0 Å². The smallest absolute Gasteiger partial charge is 0.272 e. The van der Waals surface area contributed by atoms with E-state index in [4.69, 9.17) is 4.74 Å². The fourth-order valence-corrected chi connectivity index (χ4v) is 6.10. The van der Waals surface area contributed by atoms with Crippen LogP contribution in [0.1, 0.15) is 50.5 Å². The third-order valence-electron chi connectivity index (χ3n) is 7.07. The molecular formula is C27H30FN3O2. The molecule has 33 heavy (non-hydrogen) atoms. The van der Waals surface area contributed by atoms with Crippen LogP contribution in [0, 0.1) is 16.6 Å². The minimum atomic E-state index is -0.359. The zero-order chi connectivity index (χ0) is 23.4. The molecule has 0 spiro atoms. The van der Waals surface area contributed by atoms with Crippen LogP contribution < -0.4 is 4.74 Å². The Labute approximate surface area is 194 Å². The molecule has 0 N–H and O–H groups in total. The first kappa shape index (κ1) is 21.7. The number of halogens is 1. The van der Waals surface area contributed by atoms with E-state index in [0.717, 1.165) is 37.2 Å². The fourth-order valence-electron chi connectivity index (χ4n) is 6.10. The van der Waals surface area contributed by atoms with Crippen molar-refractivity contribution < 1.29 is 13.9 Å². The largest absolute Gasteiger partial charge is 0.497 e. The van der Waals surface area contributed by atoms with Crippen LogP contribution in [0.25, 0.3) is 16.9 Å². The normalized spacial score (nSPS) is 23.5. The summed E-state index contributed by atoms with van der Waals surface area (Å²) in [7, 11) is 1.61. The van der Waals surface area contributed by atoms with Gasteiger partial charge in [-0.3, -0.25) is 4.79 Å². The average molecular weight is 448 g/mol. The number of nitrogens with zero attached hydrogens (tertiary/aromatic N) is 3. The number of hydrogen-bond acceptors (Lipinski definition) is 3. The van der Waals surface area contributed by atoms with Gasteiger partial charge < -0.3 is 9.64 Å². The molecular weight excluding hydrogens is 417 g/mol. The van der Waals surface area contributed by atoms with Gasteiger partial charge in [0.05, 0.1) is 18.5 Å². The van der Waals surface area contributed by atoms with Gasteiger partial charge in [0.2, 0.25) is 0 Å². The van der Waals surface area contributed by atoms with Gasteiger partial charge in [-0.25, -0.2) is 9.07 Å². The number of likely N-dealkylation sites (tertiary alicyclic amines) is 1. The van der Waals surface area contributed by atoms with Crippen molar-refractivity contribution in [3.05, 3.63) is 66.1 Å². The Morgan fingerprint density at radius 2 is 1.82 bits per heavy atom. The minimum Gasteiger partial charge on any atom is -0.497 e. The number of hydrogen-bond donors (Lipinski definition) is 0. The number of carbonyl (C=O) groups excluding carboxylic acids is 1. The molecule has 1 amide bonds. The van der Waals surface area contributed by atoms with E-state index in [1.807, 2.05) is 29.2 Å². The van der Waals surface area contributed by atoms with Gasteiger partial charge in [0.15, 0.2) is 0 Å². The molecule has 3 aromatic rings. The highest BCUT2D eigenvalue weighted by Crippen LogP contribution is 2.52. The molecule has 1 aromatic heterocycles. The van der Waals surface area contributed by atoms with Gasteiger partial charge in [-0.15, -0.1) is 0 Å². The summed E-state index contributed by atoms with van der Waals surface area (Å²) in [6, 6.07) is 15.9. The molecule has 2 fully saturated rings. The molecule has 172 valence electrons. The van der Waals surface area contributed by atoms with Crippen LogP contribution in [0.15, 0.2) is 54.6 Å². The van der Waals surface area contributed by atoms with Crippen LogP contribution in [0.4, 0.5) is 4.39 Å². The first-order valence-electron chi connectivity index (χ1n) is 11.5. The van der Waals surface area contributed by atoms with Crippen LogP contribution in [0.5, 0.6) is 5.75 Å². The lowest BCUT2D eigenvalue weighted by molar-refractivity contribution is 0.0699. The van der Waals surface area contributed by atoms with Crippen LogP contribution in [-0.2, 0) is 0 Å². The van der Waals surface area contributed by atoms with E-state index in [0.29, 0.717) is 17.0 Å². The van der Waals surface area contributed by atoms with Crippen molar-refractivity contribution in [3.63, 3.8) is 0 Å². The van der Waals surface area contributed by atoms with Gasteiger partial charge in [0, 0.05) is 18.2 Å². The van der Waals surface area contributed by atoms with Gasteiger partial charge in [0.1, 0.15) is 17.3 Å². The second kappa shape index (κ2) is 7.72. The van der Waals surface area contributed by atoms with Crippen molar-refractivity contribution in [2.24, 2.45) is 10.8 Å². The van der Waals surface area contributed by atoms with E-state index >= 15 is 0 Å². The molecule has 2 unspecified atom stereocenters. The van der Waals surface area contributed by atoms with Crippen LogP contribution in [0.3, 0.4) is 0 Å². The molecule has 2 atom stereocenters. The number of aromatic nitrogens is 2. The summed E-state index contributed by atoms with van der Waals surface area (Å²) >= 11 is 0. The van der Waals surface area contributed by atoms with Crippen molar-refractivity contribution in [1.29, 1.82) is 0 Å². The highest BCUT2D eigenvalue weighted by atomic mass is 19.1. The maximum atomic E-state index is 14.6. The number of amides is 1. The molecule has 2 bridgehead atoms. The summed E-state index contributed by atoms with van der Waals surface area (Å²) < 4.78 is 21.5. The van der Waals surface area contributed by atoms with Gasteiger partial charge in [-0.2, -0.15) is 5.10 Å². The third-order valence-corrected chi connectivity index (χ3v) is 7.07. The Hall–Kier alpha value is -3.15. The van der Waals surface area contributed by atoms with Crippen LogP contribution in [-0.4, -0.2) is 40.3 Å². The number of rotatable bonds is 4. The number of methoxy groups -OCH3 is 1. The number of carbonyl (C=O) groups is 1. The Morgan fingerprint density at radius 1 is 1.09 bits per heavy atom. The van der Waals surface area contributed by atoms with Gasteiger partial charge in [-0.05, 0) is 72.6 Å².